The number of nitrogens with zero attached hydrogens (tertiary/aromatic N) is 2. The first-order valence-corrected chi connectivity index (χ1v) is 14.1. The van der Waals surface area contributed by atoms with Crippen molar-refractivity contribution in [1.29, 1.82) is 0 Å². The van der Waals surface area contributed by atoms with Gasteiger partial charge in [0.2, 0.25) is 0 Å². The van der Waals surface area contributed by atoms with Crippen LogP contribution in [0.4, 0.5) is 5.13 Å². The molecule has 1 aliphatic rings. The molecule has 2 heterocycles. The van der Waals surface area contributed by atoms with Gasteiger partial charge in [-0.05, 0) is 60.9 Å². The molecule has 1 unspecified atom stereocenters. The van der Waals surface area contributed by atoms with Gasteiger partial charge < -0.3 is 14.6 Å². The Morgan fingerprint density at radius 3 is 2.60 bits per heavy atom. The topological polar surface area (TPSA) is 89.0 Å². The highest BCUT2D eigenvalue weighted by Gasteiger charge is 2.45. The molecule has 0 bridgehead atoms. The molecule has 1 aromatic heterocycles. The molecular formula is C32H30N2O5S. The Bertz CT molecular complexity index is 1590. The van der Waals surface area contributed by atoms with Crippen molar-refractivity contribution in [1.82, 2.24) is 4.98 Å². The molecule has 0 radical (unpaired) electrons. The lowest BCUT2D eigenvalue weighted by Gasteiger charge is -2.24. The molecule has 8 heteroatoms. The number of thiazole rings is 1. The van der Waals surface area contributed by atoms with Crippen LogP contribution >= 0.6 is 11.3 Å². The van der Waals surface area contributed by atoms with E-state index in [4.69, 9.17) is 14.5 Å². The molecule has 0 spiro atoms. The Kier molecular flexibility index (Phi) is 8.26. The second-order valence-corrected chi connectivity index (χ2v) is 10.3. The van der Waals surface area contributed by atoms with Crippen LogP contribution in [0.2, 0.25) is 0 Å². The lowest BCUT2D eigenvalue weighted by molar-refractivity contribution is -0.117. The number of aliphatic hydroxyl groups is 1. The standard InChI is InChI=1S/C32H30N2O5S/c1-3-5-18-39-23-13-9-12-22(19-23)29-28(26(35)17-14-21-10-7-6-8-11-21)30(36)31(37)34(29)32-33-25-16-15-24(38-4-2)20-27(25)40-32/h6-17,19-20,29,36H,3-5,18H2,1-2H3/b17-14+. The maximum atomic E-state index is 13.6. The number of amides is 1. The van der Waals surface area contributed by atoms with Gasteiger partial charge in [-0.3, -0.25) is 14.5 Å². The smallest absolute Gasteiger partial charge is 0.296 e. The zero-order chi connectivity index (χ0) is 28.1. The van der Waals surface area contributed by atoms with E-state index in [-0.39, 0.29) is 5.57 Å². The second kappa shape index (κ2) is 12.2. The molecule has 0 fully saturated rings. The summed E-state index contributed by atoms with van der Waals surface area (Å²) in [4.78, 5) is 33.2. The highest BCUT2D eigenvalue weighted by atomic mass is 32.1. The molecule has 0 aliphatic carbocycles. The van der Waals surface area contributed by atoms with Crippen LogP contribution in [-0.4, -0.2) is 35.0 Å². The van der Waals surface area contributed by atoms with Gasteiger partial charge >= 0.3 is 0 Å². The zero-order valence-corrected chi connectivity index (χ0v) is 23.2. The lowest BCUT2D eigenvalue weighted by Crippen LogP contribution is -2.30. The minimum atomic E-state index is -0.887. The molecule has 1 aliphatic heterocycles. The number of fused-ring (bicyclic) bond motifs is 1. The lowest BCUT2D eigenvalue weighted by atomic mass is 9.95. The number of benzene rings is 3. The van der Waals surface area contributed by atoms with Crippen molar-refractivity contribution < 1.29 is 24.2 Å². The van der Waals surface area contributed by atoms with Crippen LogP contribution in [-0.2, 0) is 9.59 Å². The van der Waals surface area contributed by atoms with Crippen molar-refractivity contribution in [2.45, 2.75) is 32.7 Å². The van der Waals surface area contributed by atoms with Crippen LogP contribution in [0.25, 0.3) is 16.3 Å². The Hall–Kier alpha value is -4.43. The number of carbonyl (C=O) groups is 2. The summed E-state index contributed by atoms with van der Waals surface area (Å²) >= 11 is 1.30. The fourth-order valence-electron chi connectivity index (χ4n) is 4.56. The summed E-state index contributed by atoms with van der Waals surface area (Å²) in [6, 6.07) is 21.3. The minimum absolute atomic E-state index is 0.00264. The largest absolute Gasteiger partial charge is 0.503 e. The summed E-state index contributed by atoms with van der Waals surface area (Å²) in [7, 11) is 0. The third kappa shape index (κ3) is 5.62. The highest BCUT2D eigenvalue weighted by molar-refractivity contribution is 7.22. The van der Waals surface area contributed by atoms with Crippen molar-refractivity contribution in [2.24, 2.45) is 0 Å². The van der Waals surface area contributed by atoms with E-state index in [9.17, 15) is 14.7 Å². The number of aromatic nitrogens is 1. The van der Waals surface area contributed by atoms with Gasteiger partial charge in [-0.2, -0.15) is 0 Å². The highest BCUT2D eigenvalue weighted by Crippen LogP contribution is 2.44. The van der Waals surface area contributed by atoms with Gasteiger partial charge in [0.15, 0.2) is 16.7 Å². The van der Waals surface area contributed by atoms with E-state index in [1.807, 2.05) is 79.7 Å². The van der Waals surface area contributed by atoms with Crippen molar-refractivity contribution in [3.63, 3.8) is 0 Å². The summed E-state index contributed by atoms with van der Waals surface area (Å²) in [5.41, 5.74) is 2.15. The molecule has 1 N–H and O–H groups in total. The molecule has 0 saturated carbocycles. The first-order chi connectivity index (χ1) is 19.5. The van der Waals surface area contributed by atoms with Crippen molar-refractivity contribution >= 4 is 44.5 Å². The normalized spacial score (nSPS) is 15.4. The fraction of sp³-hybridized carbons (Fsp3) is 0.219. The number of allylic oxidation sites excluding steroid dienone is 1. The van der Waals surface area contributed by atoms with Crippen LogP contribution in [0.3, 0.4) is 0 Å². The second-order valence-electron chi connectivity index (χ2n) is 9.28. The molecule has 3 aromatic carbocycles. The number of anilines is 1. The Balaban J connectivity index is 1.57. The van der Waals surface area contributed by atoms with Gasteiger partial charge in [0.05, 0.1) is 35.0 Å². The summed E-state index contributed by atoms with van der Waals surface area (Å²) < 4.78 is 12.4. The summed E-state index contributed by atoms with van der Waals surface area (Å²) in [5, 5.41) is 11.5. The molecule has 5 rings (SSSR count). The Morgan fingerprint density at radius 2 is 1.82 bits per heavy atom. The summed E-state index contributed by atoms with van der Waals surface area (Å²) in [6.45, 7) is 5.08. The van der Waals surface area contributed by atoms with Gasteiger partial charge in [-0.15, -0.1) is 0 Å². The van der Waals surface area contributed by atoms with E-state index in [0.29, 0.717) is 40.9 Å². The van der Waals surface area contributed by atoms with Crippen LogP contribution in [0, 0.1) is 0 Å². The SMILES string of the molecule is CCCCOc1cccc(C2C(C(=O)/C=C/c3ccccc3)=C(O)C(=O)N2c2nc3ccc(OCC)cc3s2)c1. The molecular weight excluding hydrogens is 524 g/mol. The number of hydrogen-bond acceptors (Lipinski definition) is 7. The van der Waals surface area contributed by atoms with Gasteiger partial charge in [0, 0.05) is 0 Å². The average Bonchev–Trinajstić information content (AvgIpc) is 3.50. The van der Waals surface area contributed by atoms with Gasteiger partial charge in [0.25, 0.3) is 5.91 Å². The van der Waals surface area contributed by atoms with E-state index >= 15 is 0 Å². The van der Waals surface area contributed by atoms with Crippen molar-refractivity contribution in [2.75, 3.05) is 18.1 Å². The van der Waals surface area contributed by atoms with E-state index < -0.39 is 23.5 Å². The molecule has 1 atom stereocenters. The van der Waals surface area contributed by atoms with Gasteiger partial charge in [-0.1, -0.05) is 73.2 Å². The summed E-state index contributed by atoms with van der Waals surface area (Å²) in [5.74, 6) is -0.391. The third-order valence-electron chi connectivity index (χ3n) is 6.51. The predicted octanol–water partition coefficient (Wildman–Crippen LogP) is 7.06. The minimum Gasteiger partial charge on any atom is -0.503 e. The number of ketones is 1. The van der Waals surface area contributed by atoms with E-state index in [2.05, 4.69) is 6.92 Å². The first-order valence-electron chi connectivity index (χ1n) is 13.3. The van der Waals surface area contributed by atoms with E-state index in [0.717, 1.165) is 23.1 Å². The Morgan fingerprint density at radius 1 is 1.02 bits per heavy atom. The zero-order valence-electron chi connectivity index (χ0n) is 22.4. The van der Waals surface area contributed by atoms with E-state index in [1.54, 1.807) is 6.08 Å². The number of carbonyl (C=O) groups excluding carboxylic acids is 2. The number of rotatable bonds is 11. The number of unbranched alkanes of at least 4 members (excludes halogenated alkanes) is 1. The first kappa shape index (κ1) is 27.1. The fourth-order valence-corrected chi connectivity index (χ4v) is 5.58. The monoisotopic (exact) mass is 554 g/mol. The molecule has 0 saturated heterocycles. The predicted molar refractivity (Wildman–Crippen MR) is 158 cm³/mol. The molecule has 7 nitrogen and oxygen atoms in total. The van der Waals surface area contributed by atoms with Crippen molar-refractivity contribution in [3.8, 4) is 11.5 Å². The van der Waals surface area contributed by atoms with Crippen molar-refractivity contribution in [3.05, 3.63) is 101 Å². The maximum absolute atomic E-state index is 13.6. The molecule has 1 amide bonds. The van der Waals surface area contributed by atoms with Crippen LogP contribution in [0.5, 0.6) is 11.5 Å². The summed E-state index contributed by atoms with van der Waals surface area (Å²) in [6.07, 6.45) is 4.96. The maximum Gasteiger partial charge on any atom is 0.296 e. The number of hydrogen-bond donors (Lipinski definition) is 1. The van der Waals surface area contributed by atoms with Crippen LogP contribution in [0.1, 0.15) is 43.9 Å². The number of aliphatic hydroxyl groups excluding tert-OH is 1. The quantitative estimate of drug-likeness (QED) is 0.158. The molecule has 204 valence electrons. The van der Waals surface area contributed by atoms with Crippen LogP contribution in [0.15, 0.2) is 90.2 Å². The van der Waals surface area contributed by atoms with E-state index in [1.165, 1.54) is 22.3 Å². The number of ether oxygens (including phenoxy) is 2. The van der Waals surface area contributed by atoms with Gasteiger partial charge in [0.1, 0.15) is 11.5 Å². The Labute approximate surface area is 237 Å². The third-order valence-corrected chi connectivity index (χ3v) is 7.52. The van der Waals surface area contributed by atoms with Gasteiger partial charge in [-0.25, -0.2) is 4.98 Å². The molecule has 4 aromatic rings. The average molecular weight is 555 g/mol. The van der Waals surface area contributed by atoms with Crippen LogP contribution < -0.4 is 14.4 Å². The molecule has 40 heavy (non-hydrogen) atoms.